The lowest BCUT2D eigenvalue weighted by atomic mass is 9.93. The van der Waals surface area contributed by atoms with E-state index >= 15 is 0 Å². The molecule has 5 rings (SSSR count). The molecule has 0 aromatic heterocycles. The maximum Gasteiger partial charge on any atom is 0.335 e. The second-order valence-electron chi connectivity index (χ2n) is 9.04. The molecular formula is C29H28N2O5S. The van der Waals surface area contributed by atoms with E-state index in [-0.39, 0.29) is 5.56 Å². The Labute approximate surface area is 217 Å². The van der Waals surface area contributed by atoms with E-state index < -0.39 is 16.0 Å². The van der Waals surface area contributed by atoms with Gasteiger partial charge in [-0.3, -0.25) is 4.90 Å². The summed E-state index contributed by atoms with van der Waals surface area (Å²) in [5.74, 6) is -0.341. The summed E-state index contributed by atoms with van der Waals surface area (Å²) in [6, 6.07) is 22.3. The Balaban J connectivity index is 1.33. The van der Waals surface area contributed by atoms with Crippen LogP contribution >= 0.6 is 0 Å². The SMILES string of the molecule is O=C(O)c1ccc2c(c1)/C(=C/CN1CCN(S(=O)(=O)C=Cc3ccccc3)CC1)c1ccccc1CO2. The molecule has 190 valence electrons. The molecule has 0 atom stereocenters. The molecule has 0 spiro atoms. The largest absolute Gasteiger partial charge is 0.488 e. The zero-order valence-electron chi connectivity index (χ0n) is 20.3. The van der Waals surface area contributed by atoms with Gasteiger partial charge in [-0.2, -0.15) is 4.31 Å². The first-order valence-corrected chi connectivity index (χ1v) is 13.7. The Kier molecular flexibility index (Phi) is 7.23. The molecular weight excluding hydrogens is 488 g/mol. The van der Waals surface area contributed by atoms with Crippen molar-refractivity contribution in [1.82, 2.24) is 9.21 Å². The van der Waals surface area contributed by atoms with Crippen molar-refractivity contribution in [3.8, 4) is 5.75 Å². The monoisotopic (exact) mass is 516 g/mol. The molecule has 8 heteroatoms. The van der Waals surface area contributed by atoms with Gasteiger partial charge in [0.1, 0.15) is 12.4 Å². The predicted octanol–water partition coefficient (Wildman–Crippen LogP) is 4.33. The van der Waals surface area contributed by atoms with Gasteiger partial charge in [0, 0.05) is 43.7 Å². The normalized spacial score (nSPS) is 17.7. The van der Waals surface area contributed by atoms with E-state index in [9.17, 15) is 18.3 Å². The number of hydrogen-bond acceptors (Lipinski definition) is 5. The van der Waals surface area contributed by atoms with Gasteiger partial charge in [0.2, 0.25) is 10.0 Å². The third-order valence-corrected chi connectivity index (χ3v) is 8.25. The van der Waals surface area contributed by atoms with Crippen LogP contribution < -0.4 is 4.74 Å². The number of aromatic carboxylic acids is 1. The number of hydrogen-bond donors (Lipinski definition) is 1. The van der Waals surface area contributed by atoms with Crippen LogP contribution in [0.4, 0.5) is 0 Å². The molecule has 2 aliphatic rings. The fourth-order valence-corrected chi connectivity index (χ4v) is 5.80. The first-order valence-electron chi connectivity index (χ1n) is 12.2. The third-order valence-electron chi connectivity index (χ3n) is 6.68. The van der Waals surface area contributed by atoms with Crippen LogP contribution in [-0.4, -0.2) is 61.4 Å². The molecule has 1 N–H and O–H groups in total. The van der Waals surface area contributed by atoms with Crippen molar-refractivity contribution in [1.29, 1.82) is 0 Å². The highest BCUT2D eigenvalue weighted by atomic mass is 32.2. The second-order valence-corrected chi connectivity index (χ2v) is 10.9. The number of piperazine rings is 1. The number of benzene rings is 3. The van der Waals surface area contributed by atoms with Crippen molar-refractivity contribution in [3.63, 3.8) is 0 Å². The minimum absolute atomic E-state index is 0.204. The molecule has 0 aliphatic carbocycles. The first kappa shape index (κ1) is 25.0. The number of carboxylic acid groups (broad SMARTS) is 1. The molecule has 1 saturated heterocycles. The van der Waals surface area contributed by atoms with E-state index in [1.54, 1.807) is 24.3 Å². The van der Waals surface area contributed by atoms with Gasteiger partial charge in [-0.05, 0) is 46.5 Å². The summed E-state index contributed by atoms with van der Waals surface area (Å²) in [5.41, 5.74) is 4.76. The van der Waals surface area contributed by atoms with Crippen LogP contribution in [0.15, 0.2) is 84.3 Å². The zero-order valence-corrected chi connectivity index (χ0v) is 21.1. The molecule has 0 amide bonds. The lowest BCUT2D eigenvalue weighted by molar-refractivity contribution is 0.0696. The van der Waals surface area contributed by atoms with E-state index in [2.05, 4.69) is 11.0 Å². The molecule has 2 aliphatic heterocycles. The Morgan fingerprint density at radius 1 is 0.919 bits per heavy atom. The molecule has 0 saturated carbocycles. The van der Waals surface area contributed by atoms with Crippen molar-refractivity contribution >= 4 is 27.6 Å². The van der Waals surface area contributed by atoms with E-state index in [0.29, 0.717) is 45.1 Å². The Morgan fingerprint density at radius 2 is 1.65 bits per heavy atom. The molecule has 7 nitrogen and oxygen atoms in total. The molecule has 0 unspecified atom stereocenters. The van der Waals surface area contributed by atoms with Gasteiger partial charge in [-0.1, -0.05) is 60.7 Å². The van der Waals surface area contributed by atoms with Crippen LogP contribution in [0, 0.1) is 0 Å². The van der Waals surface area contributed by atoms with Crippen molar-refractivity contribution in [2.45, 2.75) is 6.61 Å². The molecule has 3 aromatic carbocycles. The lowest BCUT2D eigenvalue weighted by Crippen LogP contribution is -2.48. The quantitative estimate of drug-likeness (QED) is 0.525. The van der Waals surface area contributed by atoms with Crippen LogP contribution in [0.5, 0.6) is 5.75 Å². The number of sulfonamides is 1. The summed E-state index contributed by atoms with van der Waals surface area (Å²) < 4.78 is 33.2. The van der Waals surface area contributed by atoms with Crippen molar-refractivity contribution < 1.29 is 23.1 Å². The number of nitrogens with zero attached hydrogens (tertiary/aromatic N) is 2. The van der Waals surface area contributed by atoms with Gasteiger partial charge in [-0.25, -0.2) is 13.2 Å². The van der Waals surface area contributed by atoms with E-state index in [0.717, 1.165) is 27.8 Å². The number of fused-ring (bicyclic) bond motifs is 2. The molecule has 0 bridgehead atoms. The van der Waals surface area contributed by atoms with Gasteiger partial charge < -0.3 is 9.84 Å². The van der Waals surface area contributed by atoms with Gasteiger partial charge in [0.25, 0.3) is 0 Å². The fourth-order valence-electron chi connectivity index (χ4n) is 4.63. The summed E-state index contributed by atoms with van der Waals surface area (Å²) in [6.07, 6.45) is 3.72. The van der Waals surface area contributed by atoms with E-state index in [1.165, 1.54) is 9.71 Å². The standard InChI is InChI=1S/C29H28N2O5S/c32-29(33)23-10-11-28-27(20-23)26(25-9-5-4-8-24(25)21-36-28)12-14-30-15-17-31(18-16-30)37(34,35)19-13-22-6-2-1-3-7-22/h1-13,19-20H,14-18,21H2,(H,32,33)/b19-13?,26-12+. The highest BCUT2D eigenvalue weighted by molar-refractivity contribution is 7.92. The topological polar surface area (TPSA) is 87.2 Å². The van der Waals surface area contributed by atoms with Crippen LogP contribution in [0.25, 0.3) is 11.6 Å². The lowest BCUT2D eigenvalue weighted by Gasteiger charge is -2.32. The maximum absolute atomic E-state index is 12.8. The van der Waals surface area contributed by atoms with Crippen molar-refractivity contribution in [3.05, 3.63) is 112 Å². The first-order chi connectivity index (χ1) is 17.9. The fraction of sp³-hybridized carbons (Fsp3) is 0.207. The summed E-state index contributed by atoms with van der Waals surface area (Å²) in [7, 11) is -3.50. The zero-order chi connectivity index (χ0) is 25.8. The Hall–Kier alpha value is -3.72. The Morgan fingerprint density at radius 3 is 2.41 bits per heavy atom. The summed E-state index contributed by atoms with van der Waals surface area (Å²) in [5, 5.41) is 10.8. The molecule has 0 radical (unpaired) electrons. The average Bonchev–Trinajstić information content (AvgIpc) is 3.08. The maximum atomic E-state index is 12.8. The number of ether oxygens (including phenoxy) is 1. The highest BCUT2D eigenvalue weighted by Crippen LogP contribution is 2.37. The Bertz CT molecular complexity index is 1460. The van der Waals surface area contributed by atoms with E-state index in [1.807, 2.05) is 54.6 Å². The minimum Gasteiger partial charge on any atom is -0.488 e. The van der Waals surface area contributed by atoms with Gasteiger partial charge >= 0.3 is 5.97 Å². The number of carbonyl (C=O) groups is 1. The third kappa shape index (κ3) is 5.67. The smallest absolute Gasteiger partial charge is 0.335 e. The highest BCUT2D eigenvalue weighted by Gasteiger charge is 2.25. The predicted molar refractivity (Wildman–Crippen MR) is 144 cm³/mol. The summed E-state index contributed by atoms with van der Waals surface area (Å²) in [6.45, 7) is 3.02. The molecule has 1 fully saturated rings. The molecule has 3 aromatic rings. The minimum atomic E-state index is -3.50. The summed E-state index contributed by atoms with van der Waals surface area (Å²) in [4.78, 5) is 13.8. The van der Waals surface area contributed by atoms with Crippen LogP contribution in [0.3, 0.4) is 0 Å². The second kappa shape index (κ2) is 10.7. The van der Waals surface area contributed by atoms with Gasteiger partial charge in [0.15, 0.2) is 0 Å². The van der Waals surface area contributed by atoms with Gasteiger partial charge in [-0.15, -0.1) is 0 Å². The van der Waals surface area contributed by atoms with Crippen LogP contribution in [0.2, 0.25) is 0 Å². The van der Waals surface area contributed by atoms with Crippen LogP contribution in [0.1, 0.15) is 32.6 Å². The number of carboxylic acids is 1. The van der Waals surface area contributed by atoms with E-state index in [4.69, 9.17) is 4.74 Å². The van der Waals surface area contributed by atoms with Crippen LogP contribution in [-0.2, 0) is 16.6 Å². The average molecular weight is 517 g/mol. The molecule has 37 heavy (non-hydrogen) atoms. The van der Waals surface area contributed by atoms with Gasteiger partial charge in [0.05, 0.1) is 5.56 Å². The summed E-state index contributed by atoms with van der Waals surface area (Å²) >= 11 is 0. The van der Waals surface area contributed by atoms with Crippen molar-refractivity contribution in [2.75, 3.05) is 32.7 Å². The van der Waals surface area contributed by atoms with Crippen molar-refractivity contribution in [2.24, 2.45) is 0 Å². The molecule has 2 heterocycles. The number of rotatable bonds is 6.